The molecular weight excluding hydrogens is 332 g/mol. The quantitative estimate of drug-likeness (QED) is 0.431. The number of benzene rings is 1. The van der Waals surface area contributed by atoms with E-state index in [1.54, 1.807) is 6.20 Å². The average molecular weight is 359 g/mol. The molecule has 4 rings (SSSR count). The Morgan fingerprint density at radius 2 is 1.81 bits per heavy atom. The molecule has 0 unspecified atom stereocenters. The number of aryl methyl sites for hydroxylation is 3. The fourth-order valence-corrected chi connectivity index (χ4v) is 3.93. The number of rotatable bonds is 2. The third kappa shape index (κ3) is 3.12. The molecule has 0 fully saturated rings. The fourth-order valence-electron chi connectivity index (χ4n) is 3.93. The minimum atomic E-state index is 0.242. The van der Waals surface area contributed by atoms with Gasteiger partial charge in [-0.25, -0.2) is 9.55 Å². The first-order chi connectivity index (χ1) is 12.7. The number of pyridine rings is 2. The van der Waals surface area contributed by atoms with Gasteiger partial charge in [0.1, 0.15) is 7.05 Å². The van der Waals surface area contributed by atoms with Gasteiger partial charge < -0.3 is 4.42 Å². The molecule has 0 radical (unpaired) electrons. The van der Waals surface area contributed by atoms with Gasteiger partial charge in [0.2, 0.25) is 11.4 Å². The second-order valence-corrected chi connectivity index (χ2v) is 8.81. The van der Waals surface area contributed by atoms with Crippen LogP contribution in [0, 0.1) is 19.3 Å². The molecule has 0 saturated carbocycles. The van der Waals surface area contributed by atoms with Crippen molar-refractivity contribution in [1.29, 1.82) is 0 Å². The molecule has 0 atom stereocenters. The Morgan fingerprint density at radius 1 is 1.04 bits per heavy atom. The lowest BCUT2D eigenvalue weighted by molar-refractivity contribution is -0.660. The maximum atomic E-state index is 6.22. The Kier molecular flexibility index (Phi) is 4.06. The van der Waals surface area contributed by atoms with Crippen LogP contribution in [0.2, 0.25) is 0 Å². The van der Waals surface area contributed by atoms with Crippen molar-refractivity contribution in [3.63, 3.8) is 0 Å². The predicted molar refractivity (Wildman–Crippen MR) is 111 cm³/mol. The summed E-state index contributed by atoms with van der Waals surface area (Å²) in [4.78, 5) is 4.41. The van der Waals surface area contributed by atoms with Gasteiger partial charge in [-0.1, -0.05) is 32.9 Å². The standard InChI is InChI=1S/C24H27N2O/c1-15-9-10-18-19-8-7-11-25-23(19)27-22(18)21(15)20-12-17(13-24(3,4)5)16(2)14-26(20)6/h7-12,14H,13H2,1-6H3/q+1. The van der Waals surface area contributed by atoms with Crippen LogP contribution in [0.25, 0.3) is 33.3 Å². The van der Waals surface area contributed by atoms with Gasteiger partial charge in [0, 0.05) is 28.6 Å². The number of hydrogen-bond donors (Lipinski definition) is 0. The van der Waals surface area contributed by atoms with Crippen molar-refractivity contribution in [3.8, 4) is 11.3 Å². The van der Waals surface area contributed by atoms with E-state index in [0.29, 0.717) is 5.71 Å². The summed E-state index contributed by atoms with van der Waals surface area (Å²) < 4.78 is 8.43. The average Bonchev–Trinajstić information content (AvgIpc) is 2.95. The van der Waals surface area contributed by atoms with Gasteiger partial charge in [-0.3, -0.25) is 0 Å². The van der Waals surface area contributed by atoms with Crippen LogP contribution in [-0.4, -0.2) is 4.98 Å². The van der Waals surface area contributed by atoms with Gasteiger partial charge in [0.15, 0.2) is 11.8 Å². The van der Waals surface area contributed by atoms with Crippen molar-refractivity contribution in [2.45, 2.75) is 41.0 Å². The van der Waals surface area contributed by atoms with E-state index in [1.165, 1.54) is 22.4 Å². The smallest absolute Gasteiger partial charge is 0.227 e. The summed E-state index contributed by atoms with van der Waals surface area (Å²) >= 11 is 0. The van der Waals surface area contributed by atoms with E-state index in [1.807, 2.05) is 6.07 Å². The van der Waals surface area contributed by atoms with Crippen LogP contribution >= 0.6 is 0 Å². The number of nitrogens with zero attached hydrogens (tertiary/aromatic N) is 2. The van der Waals surface area contributed by atoms with Crippen molar-refractivity contribution < 1.29 is 8.98 Å². The molecule has 3 heteroatoms. The van der Waals surface area contributed by atoms with E-state index >= 15 is 0 Å². The summed E-state index contributed by atoms with van der Waals surface area (Å²) in [6, 6.07) is 10.7. The Hall–Kier alpha value is -2.68. The molecule has 0 amide bonds. The van der Waals surface area contributed by atoms with Gasteiger partial charge in [-0.05, 0) is 48.9 Å². The van der Waals surface area contributed by atoms with E-state index in [-0.39, 0.29) is 5.41 Å². The zero-order valence-electron chi connectivity index (χ0n) is 17.1. The van der Waals surface area contributed by atoms with E-state index in [0.717, 1.165) is 28.3 Å². The zero-order chi connectivity index (χ0) is 19.3. The first-order valence-corrected chi connectivity index (χ1v) is 9.51. The molecule has 0 aliphatic heterocycles. The van der Waals surface area contributed by atoms with Crippen LogP contribution in [0.15, 0.2) is 47.1 Å². The van der Waals surface area contributed by atoms with Crippen LogP contribution in [0.5, 0.6) is 0 Å². The Bertz CT molecular complexity index is 1160. The van der Waals surface area contributed by atoms with E-state index in [9.17, 15) is 0 Å². The Morgan fingerprint density at radius 3 is 2.56 bits per heavy atom. The minimum absolute atomic E-state index is 0.242. The number of hydrogen-bond acceptors (Lipinski definition) is 2. The minimum Gasteiger partial charge on any atom is -0.437 e. The molecule has 138 valence electrons. The van der Waals surface area contributed by atoms with Crippen LogP contribution < -0.4 is 4.57 Å². The SMILES string of the molecule is Cc1c[n+](C)c(-c2c(C)ccc3c2oc2ncccc23)cc1CC(C)(C)C. The highest BCUT2D eigenvalue weighted by molar-refractivity contribution is 6.08. The van der Waals surface area contributed by atoms with Crippen molar-refractivity contribution in [1.82, 2.24) is 4.98 Å². The third-order valence-electron chi connectivity index (χ3n) is 5.19. The van der Waals surface area contributed by atoms with E-state index < -0.39 is 0 Å². The van der Waals surface area contributed by atoms with Crippen LogP contribution in [0.1, 0.15) is 37.5 Å². The summed E-state index contributed by atoms with van der Waals surface area (Å²) in [7, 11) is 2.11. The number of fused-ring (bicyclic) bond motifs is 3. The fraction of sp³-hybridized carbons (Fsp3) is 0.333. The highest BCUT2D eigenvalue weighted by atomic mass is 16.3. The molecule has 0 saturated heterocycles. The van der Waals surface area contributed by atoms with Crippen molar-refractivity contribution in [2.24, 2.45) is 12.5 Å². The normalized spacial score (nSPS) is 12.2. The van der Waals surface area contributed by atoms with Crippen molar-refractivity contribution in [2.75, 3.05) is 0 Å². The number of aromatic nitrogens is 2. The summed E-state index contributed by atoms with van der Waals surface area (Å²) in [6.07, 6.45) is 5.06. The topological polar surface area (TPSA) is 29.9 Å². The molecular formula is C24H27N2O+. The van der Waals surface area contributed by atoms with Crippen LogP contribution in [-0.2, 0) is 13.5 Å². The molecule has 0 aliphatic carbocycles. The summed E-state index contributed by atoms with van der Waals surface area (Å²) in [5.74, 6) is 0. The highest BCUT2D eigenvalue weighted by Crippen LogP contribution is 2.36. The maximum Gasteiger partial charge on any atom is 0.227 e. The summed E-state index contributed by atoms with van der Waals surface area (Å²) in [5.41, 5.74) is 8.13. The van der Waals surface area contributed by atoms with Gasteiger partial charge in [0.25, 0.3) is 0 Å². The summed E-state index contributed by atoms with van der Waals surface area (Å²) in [5, 5.41) is 2.19. The maximum absolute atomic E-state index is 6.22. The molecule has 0 spiro atoms. The molecule has 1 aromatic carbocycles. The zero-order valence-corrected chi connectivity index (χ0v) is 17.1. The number of furan rings is 1. The lowest BCUT2D eigenvalue weighted by atomic mass is 9.86. The van der Waals surface area contributed by atoms with Gasteiger partial charge in [-0.15, -0.1) is 0 Å². The van der Waals surface area contributed by atoms with Gasteiger partial charge >= 0.3 is 0 Å². The lowest BCUT2D eigenvalue weighted by Gasteiger charge is -2.19. The van der Waals surface area contributed by atoms with Crippen LogP contribution in [0.4, 0.5) is 0 Å². The highest BCUT2D eigenvalue weighted by Gasteiger charge is 2.23. The van der Waals surface area contributed by atoms with Gasteiger partial charge in [0.05, 0.1) is 5.56 Å². The Labute approximate surface area is 160 Å². The predicted octanol–water partition coefficient (Wildman–Crippen LogP) is 5.68. The molecule has 0 bridgehead atoms. The lowest BCUT2D eigenvalue weighted by Crippen LogP contribution is -2.32. The van der Waals surface area contributed by atoms with Crippen molar-refractivity contribution >= 4 is 22.1 Å². The second-order valence-electron chi connectivity index (χ2n) is 8.81. The first kappa shape index (κ1) is 17.7. The molecule has 0 N–H and O–H groups in total. The first-order valence-electron chi connectivity index (χ1n) is 9.51. The molecule has 3 heterocycles. The molecule has 0 aliphatic rings. The monoisotopic (exact) mass is 359 g/mol. The summed E-state index contributed by atoms with van der Waals surface area (Å²) in [6.45, 7) is 11.2. The van der Waals surface area contributed by atoms with Gasteiger partial charge in [-0.2, -0.15) is 0 Å². The molecule has 27 heavy (non-hydrogen) atoms. The van der Waals surface area contributed by atoms with Crippen molar-refractivity contribution in [3.05, 3.63) is 59.4 Å². The van der Waals surface area contributed by atoms with Crippen LogP contribution in [0.3, 0.4) is 0 Å². The third-order valence-corrected chi connectivity index (χ3v) is 5.19. The molecule has 4 aromatic rings. The molecule has 3 nitrogen and oxygen atoms in total. The molecule has 3 aromatic heterocycles. The Balaban J connectivity index is 2.02. The largest absolute Gasteiger partial charge is 0.437 e. The van der Waals surface area contributed by atoms with E-state index in [2.05, 4.69) is 81.7 Å². The second kappa shape index (κ2) is 6.19. The van der Waals surface area contributed by atoms with E-state index in [4.69, 9.17) is 4.42 Å².